The molecular formula is C20H16ClN3O2. The van der Waals surface area contributed by atoms with E-state index in [1.54, 1.807) is 44.7 Å². The van der Waals surface area contributed by atoms with E-state index in [0.29, 0.717) is 34.3 Å². The molecule has 0 saturated carbocycles. The fourth-order valence-corrected chi connectivity index (χ4v) is 2.86. The zero-order valence-corrected chi connectivity index (χ0v) is 15.1. The third kappa shape index (κ3) is 3.93. The lowest BCUT2D eigenvalue weighted by atomic mass is 10.1. The van der Waals surface area contributed by atoms with Crippen LogP contribution in [-0.4, -0.2) is 24.2 Å². The van der Waals surface area contributed by atoms with E-state index in [1.165, 1.54) is 0 Å². The third-order valence-corrected chi connectivity index (χ3v) is 4.06. The van der Waals surface area contributed by atoms with Gasteiger partial charge in [0.15, 0.2) is 11.5 Å². The van der Waals surface area contributed by atoms with E-state index in [4.69, 9.17) is 26.3 Å². The van der Waals surface area contributed by atoms with Gasteiger partial charge in [0.1, 0.15) is 5.82 Å². The maximum Gasteiger partial charge on any atom is 0.161 e. The molecule has 0 atom stereocenters. The molecule has 26 heavy (non-hydrogen) atoms. The molecule has 0 saturated heterocycles. The van der Waals surface area contributed by atoms with Crippen molar-refractivity contribution in [2.24, 2.45) is 0 Å². The lowest BCUT2D eigenvalue weighted by molar-refractivity contribution is 0.354. The number of methoxy groups -OCH3 is 2. The van der Waals surface area contributed by atoms with Gasteiger partial charge in [0.05, 0.1) is 31.5 Å². The van der Waals surface area contributed by atoms with Gasteiger partial charge in [-0.25, -0.2) is 9.97 Å². The number of nitriles is 1. The maximum atomic E-state index is 9.11. The van der Waals surface area contributed by atoms with Gasteiger partial charge in [-0.1, -0.05) is 17.7 Å². The lowest BCUT2D eigenvalue weighted by Crippen LogP contribution is -1.99. The number of rotatable bonds is 5. The van der Waals surface area contributed by atoms with Gasteiger partial charge in [0.25, 0.3) is 0 Å². The van der Waals surface area contributed by atoms with E-state index < -0.39 is 0 Å². The Morgan fingerprint density at radius 1 is 1.04 bits per heavy atom. The molecule has 0 unspecified atom stereocenters. The summed E-state index contributed by atoms with van der Waals surface area (Å²) in [6.45, 7) is 0. The molecule has 0 amide bonds. The van der Waals surface area contributed by atoms with Gasteiger partial charge in [-0.2, -0.15) is 5.26 Å². The Labute approximate surface area is 156 Å². The first-order valence-electron chi connectivity index (χ1n) is 7.87. The Morgan fingerprint density at radius 3 is 2.58 bits per heavy atom. The molecule has 0 bridgehead atoms. The van der Waals surface area contributed by atoms with Crippen LogP contribution in [0.5, 0.6) is 11.5 Å². The van der Waals surface area contributed by atoms with Crippen LogP contribution >= 0.6 is 11.6 Å². The number of aromatic nitrogens is 2. The average molecular weight is 366 g/mol. The number of hydrogen-bond donors (Lipinski definition) is 0. The van der Waals surface area contributed by atoms with Crippen molar-refractivity contribution in [2.75, 3.05) is 14.2 Å². The van der Waals surface area contributed by atoms with Crippen LogP contribution in [0.25, 0.3) is 11.3 Å². The normalized spacial score (nSPS) is 10.2. The Balaban J connectivity index is 1.91. The van der Waals surface area contributed by atoms with Crippen LogP contribution in [0.4, 0.5) is 0 Å². The van der Waals surface area contributed by atoms with E-state index in [-0.39, 0.29) is 0 Å². The summed E-state index contributed by atoms with van der Waals surface area (Å²) in [5.41, 5.74) is 3.00. The van der Waals surface area contributed by atoms with Gasteiger partial charge in [-0.15, -0.1) is 0 Å². The van der Waals surface area contributed by atoms with E-state index in [0.717, 1.165) is 16.8 Å². The van der Waals surface area contributed by atoms with E-state index >= 15 is 0 Å². The van der Waals surface area contributed by atoms with Crippen LogP contribution in [0.15, 0.2) is 48.7 Å². The van der Waals surface area contributed by atoms with Crippen molar-refractivity contribution in [2.45, 2.75) is 6.42 Å². The van der Waals surface area contributed by atoms with Crippen molar-refractivity contribution in [3.8, 4) is 28.8 Å². The average Bonchev–Trinajstić information content (AvgIpc) is 2.67. The zero-order valence-electron chi connectivity index (χ0n) is 14.4. The molecule has 0 fully saturated rings. The molecule has 0 radical (unpaired) electrons. The first-order chi connectivity index (χ1) is 12.6. The van der Waals surface area contributed by atoms with E-state index in [1.807, 2.05) is 18.2 Å². The summed E-state index contributed by atoms with van der Waals surface area (Å²) in [6.07, 6.45) is 2.24. The molecule has 2 aromatic carbocycles. The van der Waals surface area contributed by atoms with Crippen LogP contribution in [-0.2, 0) is 6.42 Å². The molecule has 1 heterocycles. The van der Waals surface area contributed by atoms with Crippen LogP contribution in [0, 0.1) is 11.3 Å². The van der Waals surface area contributed by atoms with E-state index in [2.05, 4.69) is 16.0 Å². The van der Waals surface area contributed by atoms with Gasteiger partial charge in [0.2, 0.25) is 0 Å². The predicted octanol–water partition coefficient (Wildman–Crippen LogP) is 4.28. The highest BCUT2D eigenvalue weighted by Crippen LogP contribution is 2.28. The quantitative estimate of drug-likeness (QED) is 0.675. The lowest BCUT2D eigenvalue weighted by Gasteiger charge is -2.10. The third-order valence-electron chi connectivity index (χ3n) is 3.84. The van der Waals surface area contributed by atoms with Crippen molar-refractivity contribution in [3.63, 3.8) is 0 Å². The Kier molecular flexibility index (Phi) is 5.35. The van der Waals surface area contributed by atoms with Crippen LogP contribution < -0.4 is 9.47 Å². The largest absolute Gasteiger partial charge is 0.493 e. The first kappa shape index (κ1) is 17.7. The summed E-state index contributed by atoms with van der Waals surface area (Å²) < 4.78 is 10.6. The van der Waals surface area contributed by atoms with Gasteiger partial charge >= 0.3 is 0 Å². The summed E-state index contributed by atoms with van der Waals surface area (Å²) in [5, 5.41) is 9.61. The maximum absolute atomic E-state index is 9.11. The molecule has 130 valence electrons. The number of nitrogens with zero attached hydrogens (tertiary/aromatic N) is 3. The molecular weight excluding hydrogens is 350 g/mol. The minimum atomic E-state index is 0.493. The van der Waals surface area contributed by atoms with Crippen molar-refractivity contribution in [3.05, 3.63) is 70.6 Å². The second-order valence-corrected chi connectivity index (χ2v) is 6.00. The molecule has 3 aromatic rings. The molecule has 0 aliphatic rings. The van der Waals surface area contributed by atoms with Gasteiger partial charge < -0.3 is 9.47 Å². The second kappa shape index (κ2) is 7.85. The summed E-state index contributed by atoms with van der Waals surface area (Å²) in [7, 11) is 3.20. The van der Waals surface area contributed by atoms with Crippen molar-refractivity contribution >= 4 is 11.6 Å². The van der Waals surface area contributed by atoms with Crippen molar-refractivity contribution in [1.29, 1.82) is 5.26 Å². The predicted molar refractivity (Wildman–Crippen MR) is 99.5 cm³/mol. The van der Waals surface area contributed by atoms with Gasteiger partial charge in [0, 0.05) is 23.2 Å². The second-order valence-electron chi connectivity index (χ2n) is 5.56. The SMILES string of the molecule is COc1ccc(Cc2nccc(-c3cc(Cl)cc(C#N)c3)n2)cc1OC. The summed E-state index contributed by atoms with van der Waals surface area (Å²) >= 11 is 6.09. The first-order valence-corrected chi connectivity index (χ1v) is 8.24. The fraction of sp³-hybridized carbons (Fsp3) is 0.150. The molecule has 1 aromatic heterocycles. The zero-order chi connectivity index (χ0) is 18.5. The molecule has 0 aliphatic carbocycles. The molecule has 5 nitrogen and oxygen atoms in total. The Hall–Kier alpha value is -3.10. The standard InChI is InChI=1S/C20H16ClN3O2/c1-25-18-4-3-13(9-19(18)26-2)10-20-23-6-5-17(24-20)15-7-14(12-22)8-16(21)11-15/h3-9,11H,10H2,1-2H3. The molecule has 6 heteroatoms. The molecule has 0 spiro atoms. The number of hydrogen-bond acceptors (Lipinski definition) is 5. The molecule has 0 N–H and O–H groups in total. The van der Waals surface area contributed by atoms with Crippen LogP contribution in [0.1, 0.15) is 17.0 Å². The number of ether oxygens (including phenoxy) is 2. The number of halogens is 1. The highest BCUT2D eigenvalue weighted by molar-refractivity contribution is 6.31. The highest BCUT2D eigenvalue weighted by atomic mass is 35.5. The van der Waals surface area contributed by atoms with Gasteiger partial charge in [-0.05, 0) is 42.0 Å². The Morgan fingerprint density at radius 2 is 1.85 bits per heavy atom. The molecule has 0 aliphatic heterocycles. The monoisotopic (exact) mass is 365 g/mol. The minimum absolute atomic E-state index is 0.493. The highest BCUT2D eigenvalue weighted by Gasteiger charge is 2.09. The minimum Gasteiger partial charge on any atom is -0.493 e. The number of benzene rings is 2. The fourth-order valence-electron chi connectivity index (χ4n) is 2.62. The van der Waals surface area contributed by atoms with Crippen LogP contribution in [0.2, 0.25) is 5.02 Å². The smallest absolute Gasteiger partial charge is 0.161 e. The summed E-state index contributed by atoms with van der Waals surface area (Å²) in [5.74, 6) is 2.00. The Bertz CT molecular complexity index is 983. The van der Waals surface area contributed by atoms with Gasteiger partial charge in [-0.3, -0.25) is 0 Å². The molecule has 3 rings (SSSR count). The van der Waals surface area contributed by atoms with Crippen molar-refractivity contribution < 1.29 is 9.47 Å². The van der Waals surface area contributed by atoms with Crippen molar-refractivity contribution in [1.82, 2.24) is 9.97 Å². The van der Waals surface area contributed by atoms with E-state index in [9.17, 15) is 0 Å². The topological polar surface area (TPSA) is 68.0 Å². The van der Waals surface area contributed by atoms with Crippen LogP contribution in [0.3, 0.4) is 0 Å². The summed E-state index contributed by atoms with van der Waals surface area (Å²) in [6, 6.07) is 14.8. The summed E-state index contributed by atoms with van der Waals surface area (Å²) in [4.78, 5) is 8.94.